The molecule has 0 heterocycles. The van der Waals surface area contributed by atoms with Crippen LogP contribution in [0.2, 0.25) is 6.04 Å². The minimum absolute atomic E-state index is 0.0240. The van der Waals surface area contributed by atoms with Gasteiger partial charge in [0.2, 0.25) is 0 Å². The lowest BCUT2D eigenvalue weighted by Gasteiger charge is -2.33. The van der Waals surface area contributed by atoms with Crippen LogP contribution in [0.3, 0.4) is 0 Å². The molecule has 0 fully saturated rings. The fraction of sp³-hybridized carbons (Fsp3) is 1.00. The molecule has 1 unspecified atom stereocenters. The monoisotopic (exact) mass is 286 g/mol. The third kappa shape index (κ3) is 4.00. The maximum absolute atomic E-state index is 11.5. The summed E-state index contributed by atoms with van der Waals surface area (Å²) >= 11 is 0. The average Bonchev–Trinajstić information content (AvgIpc) is 2.25. The minimum Gasteiger partial charge on any atom is -0.377 e. The normalized spacial score (nSPS) is 16.8. The first kappa shape index (κ1) is 17.0. The van der Waals surface area contributed by atoms with Crippen LogP contribution in [0, 0.1) is 0 Å². The van der Waals surface area contributed by atoms with Crippen molar-refractivity contribution < 1.29 is 26.2 Å². The van der Waals surface area contributed by atoms with E-state index in [-0.39, 0.29) is 6.04 Å². The highest BCUT2D eigenvalue weighted by Gasteiger charge is 2.50. The van der Waals surface area contributed by atoms with Gasteiger partial charge in [-0.15, -0.1) is 0 Å². The zero-order chi connectivity index (χ0) is 13.7. The Morgan fingerprint density at radius 2 is 1.59 bits per heavy atom. The van der Waals surface area contributed by atoms with E-state index in [0.29, 0.717) is 12.8 Å². The standard InChI is InChI=1S/C9H22O6SSi/c1-6-7-9(2,16(10,11)12)8-17(13-3,14-4)15-5/h6-8H2,1-5H3,(H,10,11,12). The van der Waals surface area contributed by atoms with Gasteiger partial charge in [-0.05, 0) is 13.3 Å². The summed E-state index contributed by atoms with van der Waals surface area (Å²) < 4.78 is 46.6. The van der Waals surface area contributed by atoms with Crippen molar-refractivity contribution in [3.8, 4) is 0 Å². The van der Waals surface area contributed by atoms with Gasteiger partial charge in [0.15, 0.2) is 0 Å². The fourth-order valence-corrected chi connectivity index (χ4v) is 5.51. The maximum Gasteiger partial charge on any atom is 0.501 e. The van der Waals surface area contributed by atoms with Gasteiger partial charge in [-0.3, -0.25) is 4.55 Å². The predicted octanol–water partition coefficient (Wildman–Crippen LogP) is 1.31. The van der Waals surface area contributed by atoms with Crippen LogP contribution in [0.25, 0.3) is 0 Å². The molecule has 0 saturated carbocycles. The minimum atomic E-state index is -4.20. The fourth-order valence-electron chi connectivity index (χ4n) is 1.76. The molecule has 0 spiro atoms. The SMILES string of the molecule is CCCC(C)(C[Si](OC)(OC)OC)S(=O)(=O)O. The van der Waals surface area contributed by atoms with Gasteiger partial charge < -0.3 is 13.3 Å². The lowest BCUT2D eigenvalue weighted by Crippen LogP contribution is -2.51. The van der Waals surface area contributed by atoms with Crippen LogP contribution >= 0.6 is 0 Å². The molecule has 0 bridgehead atoms. The predicted molar refractivity (Wildman–Crippen MR) is 66.4 cm³/mol. The van der Waals surface area contributed by atoms with Crippen molar-refractivity contribution in [2.75, 3.05) is 21.3 Å². The van der Waals surface area contributed by atoms with Crippen LogP contribution in [0.5, 0.6) is 0 Å². The summed E-state index contributed by atoms with van der Waals surface area (Å²) in [5.74, 6) is 0. The third-order valence-corrected chi connectivity index (χ3v) is 7.85. The summed E-state index contributed by atoms with van der Waals surface area (Å²) in [4.78, 5) is 0. The Hall–Kier alpha value is 0.00688. The van der Waals surface area contributed by atoms with Gasteiger partial charge in [0.05, 0.1) is 4.75 Å². The first-order valence-corrected chi connectivity index (χ1v) is 8.70. The Morgan fingerprint density at radius 1 is 1.18 bits per heavy atom. The largest absolute Gasteiger partial charge is 0.501 e. The molecule has 0 radical (unpaired) electrons. The van der Waals surface area contributed by atoms with E-state index in [1.807, 2.05) is 6.92 Å². The van der Waals surface area contributed by atoms with Crippen LogP contribution < -0.4 is 0 Å². The quantitative estimate of drug-likeness (QED) is 0.535. The summed E-state index contributed by atoms with van der Waals surface area (Å²) in [6.07, 6.45) is 0.939. The molecule has 1 N–H and O–H groups in total. The molecule has 0 aromatic rings. The Morgan fingerprint density at radius 3 is 1.82 bits per heavy atom. The molecule has 0 aliphatic carbocycles. The Balaban J connectivity index is 5.25. The summed E-state index contributed by atoms with van der Waals surface area (Å²) in [6.45, 7) is 3.32. The van der Waals surface area contributed by atoms with Gasteiger partial charge in [0.25, 0.3) is 10.1 Å². The second-order valence-corrected chi connectivity index (χ2v) is 9.03. The van der Waals surface area contributed by atoms with Gasteiger partial charge in [0.1, 0.15) is 0 Å². The van der Waals surface area contributed by atoms with Gasteiger partial charge in [-0.1, -0.05) is 13.3 Å². The highest BCUT2D eigenvalue weighted by atomic mass is 32.2. The molecule has 0 saturated heterocycles. The summed E-state index contributed by atoms with van der Waals surface area (Å²) in [7, 11) is -3.00. The summed E-state index contributed by atoms with van der Waals surface area (Å²) in [5.41, 5.74) is 0. The highest BCUT2D eigenvalue weighted by molar-refractivity contribution is 7.87. The maximum atomic E-state index is 11.5. The molecule has 8 heteroatoms. The molecular weight excluding hydrogens is 264 g/mol. The van der Waals surface area contributed by atoms with Crippen molar-refractivity contribution in [2.45, 2.75) is 37.5 Å². The first-order valence-electron chi connectivity index (χ1n) is 5.32. The molecule has 6 nitrogen and oxygen atoms in total. The van der Waals surface area contributed by atoms with Crippen molar-refractivity contribution in [2.24, 2.45) is 0 Å². The van der Waals surface area contributed by atoms with E-state index in [1.165, 1.54) is 28.3 Å². The van der Waals surface area contributed by atoms with Crippen LogP contribution in [0.4, 0.5) is 0 Å². The Bertz CT molecular complexity index is 318. The molecule has 0 aromatic heterocycles. The molecule has 0 aromatic carbocycles. The molecule has 0 rings (SSSR count). The van der Waals surface area contributed by atoms with Crippen molar-refractivity contribution in [3.05, 3.63) is 0 Å². The average molecular weight is 286 g/mol. The van der Waals surface area contributed by atoms with E-state index in [4.69, 9.17) is 13.3 Å². The molecule has 1 atom stereocenters. The van der Waals surface area contributed by atoms with Gasteiger partial charge >= 0.3 is 8.80 Å². The highest BCUT2D eigenvalue weighted by Crippen LogP contribution is 2.33. The molecule has 0 amide bonds. The van der Waals surface area contributed by atoms with E-state index in [1.54, 1.807) is 0 Å². The summed E-state index contributed by atoms with van der Waals surface area (Å²) in [6, 6.07) is 0.0240. The number of hydrogen-bond donors (Lipinski definition) is 1. The van der Waals surface area contributed by atoms with Crippen LogP contribution in [0.1, 0.15) is 26.7 Å². The molecule has 0 aliphatic heterocycles. The lowest BCUT2D eigenvalue weighted by atomic mass is 10.1. The molecule has 0 aliphatic rings. The van der Waals surface area contributed by atoms with E-state index in [2.05, 4.69) is 0 Å². The van der Waals surface area contributed by atoms with Crippen LogP contribution in [-0.4, -0.2) is 47.9 Å². The van der Waals surface area contributed by atoms with E-state index in [9.17, 15) is 13.0 Å². The van der Waals surface area contributed by atoms with Gasteiger partial charge in [0, 0.05) is 27.4 Å². The van der Waals surface area contributed by atoms with Crippen LogP contribution in [-0.2, 0) is 23.4 Å². The van der Waals surface area contributed by atoms with Gasteiger partial charge in [-0.25, -0.2) is 0 Å². The number of rotatable bonds is 8. The Kier molecular flexibility index (Phi) is 6.26. The van der Waals surface area contributed by atoms with Gasteiger partial charge in [-0.2, -0.15) is 8.42 Å². The van der Waals surface area contributed by atoms with Crippen molar-refractivity contribution in [1.29, 1.82) is 0 Å². The van der Waals surface area contributed by atoms with E-state index in [0.717, 1.165) is 0 Å². The third-order valence-electron chi connectivity index (χ3n) is 2.93. The van der Waals surface area contributed by atoms with Crippen molar-refractivity contribution in [1.82, 2.24) is 0 Å². The van der Waals surface area contributed by atoms with E-state index >= 15 is 0 Å². The van der Waals surface area contributed by atoms with E-state index < -0.39 is 23.7 Å². The Labute approximate surface area is 104 Å². The first-order chi connectivity index (χ1) is 7.70. The molecule has 104 valence electrons. The number of hydrogen-bond acceptors (Lipinski definition) is 5. The smallest absolute Gasteiger partial charge is 0.377 e. The molecular formula is C9H22O6SSi. The zero-order valence-corrected chi connectivity index (χ0v) is 12.8. The molecule has 17 heavy (non-hydrogen) atoms. The summed E-state index contributed by atoms with van der Waals surface area (Å²) in [5, 5.41) is 0. The second-order valence-electron chi connectivity index (χ2n) is 4.15. The van der Waals surface area contributed by atoms with Crippen molar-refractivity contribution >= 4 is 18.9 Å². The van der Waals surface area contributed by atoms with Crippen LogP contribution in [0.15, 0.2) is 0 Å². The second kappa shape index (κ2) is 6.25. The van der Waals surface area contributed by atoms with Crippen molar-refractivity contribution in [3.63, 3.8) is 0 Å². The topological polar surface area (TPSA) is 82.1 Å². The lowest BCUT2D eigenvalue weighted by molar-refractivity contribution is 0.119. The zero-order valence-electron chi connectivity index (χ0n) is 11.0.